The zero-order valence-corrected chi connectivity index (χ0v) is 23.1. The molecule has 0 saturated heterocycles. The van der Waals surface area contributed by atoms with E-state index in [9.17, 15) is 19.2 Å². The maximum Gasteiger partial charge on any atom is 0.345 e. The van der Waals surface area contributed by atoms with Crippen LogP contribution in [-0.2, 0) is 9.59 Å². The molecule has 11 heteroatoms. The van der Waals surface area contributed by atoms with E-state index in [2.05, 4.69) is 21.2 Å². The van der Waals surface area contributed by atoms with E-state index >= 15 is 0 Å². The van der Waals surface area contributed by atoms with Crippen molar-refractivity contribution < 1.29 is 28.7 Å². The highest BCUT2D eigenvalue weighted by Crippen LogP contribution is 2.21. The summed E-state index contributed by atoms with van der Waals surface area (Å²) in [5, 5.41) is 9.24. The van der Waals surface area contributed by atoms with E-state index in [0.717, 1.165) is 0 Å². The van der Waals surface area contributed by atoms with Crippen molar-refractivity contribution in [2.24, 2.45) is 5.10 Å². The van der Waals surface area contributed by atoms with Gasteiger partial charge in [-0.3, -0.25) is 14.4 Å². The average Bonchev–Trinajstić information content (AvgIpc) is 2.99. The normalized spacial score (nSPS) is 10.5. The summed E-state index contributed by atoms with van der Waals surface area (Å²) in [6.45, 7) is 2.40. The van der Waals surface area contributed by atoms with Crippen molar-refractivity contribution in [2.45, 2.75) is 6.92 Å². The van der Waals surface area contributed by atoms with Gasteiger partial charge in [0.1, 0.15) is 11.5 Å². The number of hydrazone groups is 1. The van der Waals surface area contributed by atoms with Crippen molar-refractivity contribution in [2.75, 3.05) is 17.2 Å². The Morgan fingerprint density at radius 2 is 1.40 bits per heavy atom. The Kier molecular flexibility index (Phi) is 10.0. The standard InChI is InChI=1S/C31H25ClN4O6/c1-2-41-22-17-13-21(14-18-22)34-28(37)25-8-4-6-10-27(25)35-29(38)30(39)36-33-19-20-11-15-23(16-12-20)42-31(40)24-7-3-5-9-26(24)32/h3-19H,2H2,1H3,(H,34,37)(H,35,38)(H,36,39). The largest absolute Gasteiger partial charge is 0.494 e. The number of nitrogens with one attached hydrogen (secondary N) is 3. The third kappa shape index (κ3) is 8.03. The molecule has 0 unspecified atom stereocenters. The summed E-state index contributed by atoms with van der Waals surface area (Å²) in [5.74, 6) is -2.19. The molecule has 0 aromatic heterocycles. The average molecular weight is 585 g/mol. The molecule has 0 spiro atoms. The number of amides is 3. The number of hydrogen-bond donors (Lipinski definition) is 3. The zero-order valence-electron chi connectivity index (χ0n) is 22.3. The van der Waals surface area contributed by atoms with Crippen LogP contribution in [0.25, 0.3) is 0 Å². The lowest BCUT2D eigenvalue weighted by Crippen LogP contribution is -2.33. The van der Waals surface area contributed by atoms with Crippen molar-refractivity contribution in [1.29, 1.82) is 0 Å². The molecule has 0 heterocycles. The van der Waals surface area contributed by atoms with Gasteiger partial charge in [0.15, 0.2) is 0 Å². The molecule has 0 saturated carbocycles. The topological polar surface area (TPSA) is 135 Å². The van der Waals surface area contributed by atoms with Crippen LogP contribution >= 0.6 is 11.6 Å². The van der Waals surface area contributed by atoms with Crippen LogP contribution < -0.4 is 25.5 Å². The summed E-state index contributed by atoms with van der Waals surface area (Å²) >= 11 is 6.02. The van der Waals surface area contributed by atoms with Gasteiger partial charge >= 0.3 is 17.8 Å². The summed E-state index contributed by atoms with van der Waals surface area (Å²) in [6.07, 6.45) is 1.31. The molecule has 0 radical (unpaired) electrons. The number of para-hydroxylation sites is 1. The summed E-state index contributed by atoms with van der Waals surface area (Å²) in [4.78, 5) is 49.9. The minimum atomic E-state index is -1.04. The molecule has 4 aromatic carbocycles. The van der Waals surface area contributed by atoms with E-state index in [1.807, 2.05) is 6.92 Å². The van der Waals surface area contributed by atoms with Crippen LogP contribution in [0.2, 0.25) is 5.02 Å². The Morgan fingerprint density at radius 1 is 0.762 bits per heavy atom. The van der Waals surface area contributed by atoms with Crippen molar-refractivity contribution in [3.8, 4) is 11.5 Å². The number of halogens is 1. The van der Waals surface area contributed by atoms with E-state index in [4.69, 9.17) is 21.1 Å². The fraction of sp³-hybridized carbons (Fsp3) is 0.0645. The Labute approximate surface area is 246 Å². The first kappa shape index (κ1) is 29.5. The Bertz CT molecular complexity index is 1620. The number of esters is 1. The van der Waals surface area contributed by atoms with E-state index < -0.39 is 23.7 Å². The maximum absolute atomic E-state index is 12.8. The monoisotopic (exact) mass is 584 g/mol. The molecule has 3 amide bonds. The fourth-order valence-electron chi connectivity index (χ4n) is 3.60. The third-order valence-electron chi connectivity index (χ3n) is 5.61. The Morgan fingerprint density at radius 3 is 2.10 bits per heavy atom. The fourth-order valence-corrected chi connectivity index (χ4v) is 3.81. The number of rotatable bonds is 9. The Hall–Kier alpha value is -5.48. The van der Waals surface area contributed by atoms with Crippen LogP contribution in [0, 0.1) is 0 Å². The summed E-state index contributed by atoms with van der Waals surface area (Å²) in [7, 11) is 0. The lowest BCUT2D eigenvalue weighted by molar-refractivity contribution is -0.136. The molecule has 0 aliphatic rings. The van der Waals surface area contributed by atoms with Crippen LogP contribution in [0.15, 0.2) is 102 Å². The maximum atomic E-state index is 12.8. The minimum Gasteiger partial charge on any atom is -0.494 e. The molecular weight excluding hydrogens is 560 g/mol. The first-order valence-electron chi connectivity index (χ1n) is 12.7. The zero-order chi connectivity index (χ0) is 29.9. The van der Waals surface area contributed by atoms with Crippen LogP contribution in [-0.4, -0.2) is 36.5 Å². The van der Waals surface area contributed by atoms with Crippen LogP contribution in [0.1, 0.15) is 33.2 Å². The molecule has 0 fully saturated rings. The van der Waals surface area contributed by atoms with E-state index in [-0.39, 0.29) is 27.6 Å². The quantitative estimate of drug-likeness (QED) is 0.0803. The van der Waals surface area contributed by atoms with Crippen molar-refractivity contribution >= 4 is 52.9 Å². The first-order valence-corrected chi connectivity index (χ1v) is 13.1. The molecule has 0 atom stereocenters. The van der Waals surface area contributed by atoms with E-state index in [0.29, 0.717) is 23.6 Å². The lowest BCUT2D eigenvalue weighted by atomic mass is 10.1. The van der Waals surface area contributed by atoms with Crippen LogP contribution in [0.4, 0.5) is 11.4 Å². The molecular formula is C31H25ClN4O6. The molecule has 4 aromatic rings. The molecule has 212 valence electrons. The number of carbonyl (C=O) groups is 4. The molecule has 10 nitrogen and oxygen atoms in total. The van der Waals surface area contributed by atoms with Gasteiger partial charge < -0.3 is 20.1 Å². The number of hydrogen-bond acceptors (Lipinski definition) is 7. The SMILES string of the molecule is CCOc1ccc(NC(=O)c2ccccc2NC(=O)C(=O)NN=Cc2ccc(OC(=O)c3ccccc3Cl)cc2)cc1. The van der Waals surface area contributed by atoms with Gasteiger partial charge in [-0.2, -0.15) is 5.10 Å². The second-order valence-corrected chi connectivity index (χ2v) is 8.96. The predicted octanol–water partition coefficient (Wildman–Crippen LogP) is 5.30. The number of benzene rings is 4. The molecule has 3 N–H and O–H groups in total. The molecule has 4 rings (SSSR count). The molecule has 42 heavy (non-hydrogen) atoms. The summed E-state index contributed by atoms with van der Waals surface area (Å²) in [5.41, 5.74) is 3.77. The van der Waals surface area contributed by atoms with Crippen molar-refractivity contribution in [3.05, 3.63) is 119 Å². The number of anilines is 2. The molecule has 0 aliphatic carbocycles. The van der Waals surface area contributed by atoms with Gasteiger partial charge in [-0.25, -0.2) is 10.2 Å². The summed E-state index contributed by atoms with van der Waals surface area (Å²) in [6, 6.07) is 25.9. The highest BCUT2D eigenvalue weighted by molar-refractivity contribution is 6.40. The van der Waals surface area contributed by atoms with Gasteiger partial charge in [0.25, 0.3) is 5.91 Å². The van der Waals surface area contributed by atoms with Crippen molar-refractivity contribution in [1.82, 2.24) is 5.43 Å². The second kappa shape index (κ2) is 14.2. The Balaban J connectivity index is 1.30. The van der Waals surface area contributed by atoms with Gasteiger partial charge in [0, 0.05) is 5.69 Å². The minimum absolute atomic E-state index is 0.145. The number of carbonyl (C=O) groups excluding carboxylic acids is 4. The van der Waals surface area contributed by atoms with E-state index in [1.165, 1.54) is 18.3 Å². The van der Waals surface area contributed by atoms with Gasteiger partial charge in [-0.05, 0) is 85.3 Å². The predicted molar refractivity (Wildman–Crippen MR) is 159 cm³/mol. The van der Waals surface area contributed by atoms with E-state index in [1.54, 1.807) is 84.9 Å². The second-order valence-electron chi connectivity index (χ2n) is 8.55. The number of ether oxygens (including phenoxy) is 2. The highest BCUT2D eigenvalue weighted by atomic mass is 35.5. The van der Waals surface area contributed by atoms with Crippen LogP contribution in [0.3, 0.4) is 0 Å². The first-order chi connectivity index (χ1) is 20.3. The number of nitrogens with zero attached hydrogens (tertiary/aromatic N) is 1. The smallest absolute Gasteiger partial charge is 0.345 e. The third-order valence-corrected chi connectivity index (χ3v) is 5.94. The molecule has 0 aliphatic heterocycles. The van der Waals surface area contributed by atoms with Crippen LogP contribution in [0.5, 0.6) is 11.5 Å². The molecule has 0 bridgehead atoms. The summed E-state index contributed by atoms with van der Waals surface area (Å²) < 4.78 is 10.7. The van der Waals surface area contributed by atoms with Gasteiger partial charge in [0.05, 0.1) is 34.7 Å². The van der Waals surface area contributed by atoms with Gasteiger partial charge in [0.2, 0.25) is 0 Å². The van der Waals surface area contributed by atoms with Gasteiger partial charge in [-0.1, -0.05) is 35.9 Å². The van der Waals surface area contributed by atoms with Gasteiger partial charge in [-0.15, -0.1) is 0 Å². The lowest BCUT2D eigenvalue weighted by Gasteiger charge is -2.11. The highest BCUT2D eigenvalue weighted by Gasteiger charge is 2.18. The van der Waals surface area contributed by atoms with Crippen molar-refractivity contribution in [3.63, 3.8) is 0 Å².